The number of hydrazone groups is 1. The highest BCUT2D eigenvalue weighted by Crippen LogP contribution is 2.29. The van der Waals surface area contributed by atoms with Gasteiger partial charge in [0, 0.05) is 13.6 Å². The molecule has 0 atom stereocenters. The third kappa shape index (κ3) is 5.68. The molecule has 25 heavy (non-hydrogen) atoms. The first-order valence-corrected chi connectivity index (χ1v) is 9.84. The van der Waals surface area contributed by atoms with Crippen LogP contribution in [0.1, 0.15) is 16.7 Å². The van der Waals surface area contributed by atoms with Gasteiger partial charge in [0.2, 0.25) is 0 Å². The Labute approximate surface area is 176 Å². The van der Waals surface area contributed by atoms with Crippen molar-refractivity contribution in [3.05, 3.63) is 53.5 Å². The molecule has 0 fully saturated rings. The van der Waals surface area contributed by atoms with Crippen molar-refractivity contribution in [3.8, 4) is 11.5 Å². The van der Waals surface area contributed by atoms with E-state index in [-0.39, 0.29) is 18.3 Å². The van der Waals surface area contributed by atoms with Crippen LogP contribution in [0.2, 0.25) is 0 Å². The lowest BCUT2D eigenvalue weighted by Gasteiger charge is -2.11. The second kappa shape index (κ2) is 9.00. The van der Waals surface area contributed by atoms with Gasteiger partial charge in [-0.15, -0.1) is 0 Å². The number of nitrogens with one attached hydrogen (secondary N) is 1. The molecule has 0 aromatic heterocycles. The number of carbonyl (C=O) groups is 1. The van der Waals surface area contributed by atoms with Crippen molar-refractivity contribution in [2.75, 3.05) is 6.61 Å². The average Bonchev–Trinajstić information content (AvgIpc) is 2.51. The number of benzene rings is 2. The highest BCUT2D eigenvalue weighted by molar-refractivity contribution is 14.1. The van der Waals surface area contributed by atoms with Crippen molar-refractivity contribution >= 4 is 66.6 Å². The van der Waals surface area contributed by atoms with Gasteiger partial charge in [0.15, 0.2) is 6.61 Å². The van der Waals surface area contributed by atoms with E-state index in [0.717, 1.165) is 19.2 Å². The lowest BCUT2D eigenvalue weighted by Crippen LogP contribution is -2.25. The fourth-order valence-corrected chi connectivity index (χ4v) is 4.15. The van der Waals surface area contributed by atoms with Gasteiger partial charge in [-0.1, -0.05) is 15.9 Å². The summed E-state index contributed by atoms with van der Waals surface area (Å²) in [5.41, 5.74) is 5.00. The van der Waals surface area contributed by atoms with Crippen LogP contribution in [0.4, 0.5) is 0 Å². The Kier molecular flexibility index (Phi) is 7.26. The maximum atomic E-state index is 11.9. The van der Waals surface area contributed by atoms with Gasteiger partial charge in [-0.25, -0.2) is 5.43 Å². The summed E-state index contributed by atoms with van der Waals surface area (Å²) >= 11 is 8.82. The third-order valence-electron chi connectivity index (χ3n) is 3.23. The number of ether oxygens (including phenoxy) is 1. The Morgan fingerprint density at radius 3 is 2.52 bits per heavy atom. The molecule has 0 aliphatic carbocycles. The summed E-state index contributed by atoms with van der Waals surface area (Å²) in [5.74, 6) is 0.426. The number of nitrogens with zero attached hydrogens (tertiary/aromatic N) is 1. The number of halogens is 3. The molecule has 0 aliphatic heterocycles. The van der Waals surface area contributed by atoms with Gasteiger partial charge in [0.25, 0.3) is 5.91 Å². The Morgan fingerprint density at radius 2 is 1.88 bits per heavy atom. The van der Waals surface area contributed by atoms with Gasteiger partial charge in [0.05, 0.1) is 10.7 Å². The molecule has 2 N–H and O–H groups in total. The normalized spacial score (nSPS) is 10.9. The number of hydrogen-bond acceptors (Lipinski definition) is 4. The Morgan fingerprint density at radius 1 is 1.24 bits per heavy atom. The maximum Gasteiger partial charge on any atom is 0.277 e. The fourth-order valence-electron chi connectivity index (χ4n) is 2.12. The first-order chi connectivity index (χ1) is 11.8. The Bertz CT molecular complexity index is 818. The first-order valence-electron chi connectivity index (χ1n) is 7.17. The number of amides is 1. The number of phenolic OH excluding ortho intramolecular Hbond substituents is 1. The van der Waals surface area contributed by atoms with Crippen LogP contribution in [0.5, 0.6) is 11.5 Å². The van der Waals surface area contributed by atoms with Crippen molar-refractivity contribution in [3.63, 3.8) is 0 Å². The van der Waals surface area contributed by atoms with Gasteiger partial charge in [-0.2, -0.15) is 5.10 Å². The molecule has 0 radical (unpaired) electrons. The molecule has 2 aromatic rings. The molecule has 2 aromatic carbocycles. The van der Waals surface area contributed by atoms with E-state index in [1.165, 1.54) is 12.3 Å². The largest absolute Gasteiger partial charge is 0.507 e. The summed E-state index contributed by atoms with van der Waals surface area (Å²) in [6.45, 7) is 3.75. The molecule has 0 heterocycles. The van der Waals surface area contributed by atoms with Crippen LogP contribution in [-0.2, 0) is 4.79 Å². The monoisotopic (exact) mass is 580 g/mol. The highest BCUT2D eigenvalue weighted by Gasteiger charge is 2.08. The molecule has 1 amide bonds. The van der Waals surface area contributed by atoms with Crippen molar-refractivity contribution in [2.45, 2.75) is 13.8 Å². The highest BCUT2D eigenvalue weighted by atomic mass is 127. The van der Waals surface area contributed by atoms with Crippen LogP contribution < -0.4 is 10.2 Å². The van der Waals surface area contributed by atoms with Crippen LogP contribution in [0.3, 0.4) is 0 Å². The number of aromatic hydroxyl groups is 1. The van der Waals surface area contributed by atoms with Crippen LogP contribution >= 0.6 is 54.5 Å². The Hall–Kier alpha value is -1.13. The zero-order valence-electron chi connectivity index (χ0n) is 13.4. The second-order valence-electron chi connectivity index (χ2n) is 5.28. The number of phenols is 1. The molecular formula is C17H15Br2IN2O3. The van der Waals surface area contributed by atoms with Crippen LogP contribution in [0.25, 0.3) is 0 Å². The summed E-state index contributed by atoms with van der Waals surface area (Å²) in [6, 6.07) is 7.22. The summed E-state index contributed by atoms with van der Waals surface area (Å²) in [4.78, 5) is 11.9. The number of hydrogen-bond donors (Lipinski definition) is 2. The molecule has 0 saturated carbocycles. The molecule has 132 valence electrons. The minimum Gasteiger partial charge on any atom is -0.507 e. The van der Waals surface area contributed by atoms with Gasteiger partial charge < -0.3 is 9.84 Å². The SMILES string of the molecule is Cc1cc(I)cc(C)c1OCC(=O)N/N=C/c1cc(O)c(Br)cc1Br. The van der Waals surface area contributed by atoms with Gasteiger partial charge in [0.1, 0.15) is 11.5 Å². The van der Waals surface area contributed by atoms with E-state index >= 15 is 0 Å². The number of rotatable bonds is 5. The standard InChI is InChI=1S/C17H15Br2IN2O3/c1-9-3-12(20)4-10(2)17(9)25-8-16(24)22-21-7-11-5-15(23)14(19)6-13(11)18/h3-7,23H,8H2,1-2H3,(H,22,24)/b21-7+. The van der Waals surface area contributed by atoms with Crippen molar-refractivity contribution in [1.82, 2.24) is 5.43 Å². The lowest BCUT2D eigenvalue weighted by molar-refractivity contribution is -0.123. The zero-order valence-corrected chi connectivity index (χ0v) is 18.8. The summed E-state index contributed by atoms with van der Waals surface area (Å²) in [6.07, 6.45) is 1.44. The van der Waals surface area contributed by atoms with E-state index < -0.39 is 0 Å². The molecule has 0 bridgehead atoms. The zero-order chi connectivity index (χ0) is 18.6. The van der Waals surface area contributed by atoms with E-state index in [9.17, 15) is 9.90 Å². The predicted octanol–water partition coefficient (Wildman–Crippen LogP) is 4.67. The van der Waals surface area contributed by atoms with Gasteiger partial charge in [-0.3, -0.25) is 4.79 Å². The fraction of sp³-hybridized carbons (Fsp3) is 0.176. The van der Waals surface area contributed by atoms with Crippen LogP contribution in [0.15, 0.2) is 38.3 Å². The van der Waals surface area contributed by atoms with Crippen LogP contribution in [0, 0.1) is 17.4 Å². The molecule has 0 spiro atoms. The number of carbonyl (C=O) groups excluding carboxylic acids is 1. The summed E-state index contributed by atoms with van der Waals surface area (Å²) < 4.78 is 8.02. The maximum absolute atomic E-state index is 11.9. The quantitative estimate of drug-likeness (QED) is 0.306. The average molecular weight is 582 g/mol. The van der Waals surface area contributed by atoms with Gasteiger partial charge >= 0.3 is 0 Å². The molecule has 8 heteroatoms. The predicted molar refractivity (Wildman–Crippen MR) is 113 cm³/mol. The summed E-state index contributed by atoms with van der Waals surface area (Å²) in [7, 11) is 0. The number of aryl methyl sites for hydroxylation is 2. The lowest BCUT2D eigenvalue weighted by atomic mass is 10.1. The molecule has 0 unspecified atom stereocenters. The van der Waals surface area contributed by atoms with Gasteiger partial charge in [-0.05, 0) is 87.8 Å². The van der Waals surface area contributed by atoms with Crippen molar-refractivity contribution in [1.29, 1.82) is 0 Å². The Balaban J connectivity index is 1.94. The second-order valence-corrected chi connectivity index (χ2v) is 8.23. The van der Waals surface area contributed by atoms with E-state index in [1.54, 1.807) is 6.07 Å². The van der Waals surface area contributed by atoms with E-state index in [4.69, 9.17) is 4.74 Å². The minimum absolute atomic E-state index is 0.0870. The van der Waals surface area contributed by atoms with E-state index in [0.29, 0.717) is 15.8 Å². The van der Waals surface area contributed by atoms with Crippen molar-refractivity contribution in [2.24, 2.45) is 5.10 Å². The molecular weight excluding hydrogens is 567 g/mol. The summed E-state index contributed by atoms with van der Waals surface area (Å²) in [5, 5.41) is 13.6. The third-order valence-corrected chi connectivity index (χ3v) is 5.18. The van der Waals surface area contributed by atoms with E-state index in [1.807, 2.05) is 26.0 Å². The molecule has 2 rings (SSSR count). The topological polar surface area (TPSA) is 70.9 Å². The molecule has 5 nitrogen and oxygen atoms in total. The first kappa shape index (κ1) is 20.2. The van der Waals surface area contributed by atoms with Crippen molar-refractivity contribution < 1.29 is 14.6 Å². The minimum atomic E-state index is -0.369. The smallest absolute Gasteiger partial charge is 0.277 e. The molecule has 0 saturated heterocycles. The van der Waals surface area contributed by atoms with Crippen LogP contribution in [-0.4, -0.2) is 23.8 Å². The van der Waals surface area contributed by atoms with E-state index in [2.05, 4.69) is 65.0 Å². The molecule has 0 aliphatic rings.